The third-order valence-corrected chi connectivity index (χ3v) is 4.69. The van der Waals surface area contributed by atoms with Gasteiger partial charge in [-0.2, -0.15) is 0 Å². The van der Waals surface area contributed by atoms with E-state index in [0.717, 1.165) is 22.6 Å². The molecule has 0 saturated carbocycles. The number of hydrogen-bond donors (Lipinski definition) is 1. The Labute approximate surface area is 167 Å². The van der Waals surface area contributed by atoms with Crippen molar-refractivity contribution in [3.05, 3.63) is 84.4 Å². The van der Waals surface area contributed by atoms with Gasteiger partial charge in [0.1, 0.15) is 17.2 Å². The van der Waals surface area contributed by atoms with Crippen molar-refractivity contribution in [1.29, 1.82) is 0 Å². The van der Waals surface area contributed by atoms with Crippen molar-refractivity contribution < 1.29 is 13.9 Å². The lowest BCUT2D eigenvalue weighted by Crippen LogP contribution is -2.13. The van der Waals surface area contributed by atoms with E-state index in [2.05, 4.69) is 10.3 Å². The van der Waals surface area contributed by atoms with Crippen LogP contribution >= 0.6 is 0 Å². The number of aromatic nitrogens is 2. The molecule has 0 aliphatic carbocycles. The maximum absolute atomic E-state index is 13.3. The molecular formula is C23H20FN3O2. The first-order valence-corrected chi connectivity index (χ1v) is 9.30. The lowest BCUT2D eigenvalue weighted by molar-refractivity contribution is -0.116. The van der Waals surface area contributed by atoms with E-state index in [1.54, 1.807) is 25.3 Å². The first kappa shape index (κ1) is 18.7. The average molecular weight is 389 g/mol. The molecule has 0 saturated heterocycles. The molecule has 2 aromatic heterocycles. The maximum Gasteiger partial charge on any atom is 0.224 e. The van der Waals surface area contributed by atoms with Gasteiger partial charge >= 0.3 is 0 Å². The molecule has 0 radical (unpaired) electrons. The van der Waals surface area contributed by atoms with Gasteiger partial charge in [0.25, 0.3) is 0 Å². The van der Waals surface area contributed by atoms with Gasteiger partial charge in [-0.1, -0.05) is 12.1 Å². The van der Waals surface area contributed by atoms with Crippen molar-refractivity contribution in [3.63, 3.8) is 0 Å². The number of hydrogen-bond acceptors (Lipinski definition) is 3. The number of benzene rings is 2. The van der Waals surface area contributed by atoms with Crippen LogP contribution in [0.2, 0.25) is 0 Å². The molecule has 0 unspecified atom stereocenters. The molecule has 4 rings (SSSR count). The van der Waals surface area contributed by atoms with Crippen molar-refractivity contribution in [2.45, 2.75) is 12.8 Å². The quantitative estimate of drug-likeness (QED) is 0.519. The van der Waals surface area contributed by atoms with Gasteiger partial charge in [0.15, 0.2) is 0 Å². The van der Waals surface area contributed by atoms with Gasteiger partial charge in [0, 0.05) is 29.9 Å². The number of halogens is 1. The van der Waals surface area contributed by atoms with Crippen molar-refractivity contribution in [3.8, 4) is 17.0 Å². The molecule has 2 heterocycles. The summed E-state index contributed by atoms with van der Waals surface area (Å²) in [7, 11) is 1.59. The van der Waals surface area contributed by atoms with E-state index in [1.807, 2.05) is 47.0 Å². The molecule has 0 atom stereocenters. The number of carbonyl (C=O) groups is 1. The fraction of sp³-hybridized carbons (Fsp3) is 0.130. The van der Waals surface area contributed by atoms with Crippen LogP contribution in [0.5, 0.6) is 5.75 Å². The number of aryl methyl sites for hydroxylation is 1. The normalized spacial score (nSPS) is 10.8. The Morgan fingerprint density at radius 3 is 2.72 bits per heavy atom. The van der Waals surface area contributed by atoms with Crippen LogP contribution in [0.4, 0.5) is 10.1 Å². The van der Waals surface area contributed by atoms with E-state index in [-0.39, 0.29) is 18.1 Å². The molecule has 0 aliphatic rings. The molecule has 5 nitrogen and oxygen atoms in total. The molecule has 6 heteroatoms. The highest BCUT2D eigenvalue weighted by atomic mass is 19.1. The predicted octanol–water partition coefficient (Wildman–Crippen LogP) is 4.72. The summed E-state index contributed by atoms with van der Waals surface area (Å²) in [5.74, 6) is 0.286. The fourth-order valence-electron chi connectivity index (χ4n) is 3.28. The highest BCUT2D eigenvalue weighted by Gasteiger charge is 2.15. The molecule has 0 aliphatic heterocycles. The SMILES string of the molecule is COc1cccc(NC(=O)CCc2c(-c3ccc(F)cc3)nc3ccccn23)c1. The number of fused-ring (bicyclic) bond motifs is 1. The Bertz CT molecular complexity index is 1150. The zero-order valence-corrected chi connectivity index (χ0v) is 15.9. The molecule has 4 aromatic rings. The zero-order chi connectivity index (χ0) is 20.2. The molecular weight excluding hydrogens is 369 g/mol. The number of nitrogens with zero attached hydrogens (tertiary/aromatic N) is 2. The summed E-state index contributed by atoms with van der Waals surface area (Å²) in [6.45, 7) is 0. The molecule has 1 N–H and O–H groups in total. The third-order valence-electron chi connectivity index (χ3n) is 4.69. The Hall–Kier alpha value is -3.67. The Balaban J connectivity index is 1.57. The number of ether oxygens (including phenoxy) is 1. The van der Waals surface area contributed by atoms with Crippen LogP contribution in [-0.4, -0.2) is 22.4 Å². The predicted molar refractivity (Wildman–Crippen MR) is 111 cm³/mol. The summed E-state index contributed by atoms with van der Waals surface area (Å²) in [6.07, 6.45) is 2.70. The number of nitrogens with one attached hydrogen (secondary N) is 1. The lowest BCUT2D eigenvalue weighted by Gasteiger charge is -2.08. The van der Waals surface area contributed by atoms with Gasteiger partial charge in [-0.25, -0.2) is 9.37 Å². The topological polar surface area (TPSA) is 55.6 Å². The van der Waals surface area contributed by atoms with Gasteiger partial charge in [-0.15, -0.1) is 0 Å². The van der Waals surface area contributed by atoms with E-state index in [0.29, 0.717) is 17.9 Å². The maximum atomic E-state index is 13.3. The number of methoxy groups -OCH3 is 1. The first-order valence-electron chi connectivity index (χ1n) is 9.30. The second kappa shape index (κ2) is 8.14. The zero-order valence-electron chi connectivity index (χ0n) is 15.9. The van der Waals surface area contributed by atoms with Gasteiger partial charge in [-0.05, 0) is 55.0 Å². The summed E-state index contributed by atoms with van der Waals surface area (Å²) in [5, 5.41) is 2.90. The molecule has 0 spiro atoms. The monoisotopic (exact) mass is 389 g/mol. The second-order valence-electron chi connectivity index (χ2n) is 6.62. The summed E-state index contributed by atoms with van der Waals surface area (Å²) in [6, 6.07) is 19.2. The van der Waals surface area contributed by atoms with Crippen molar-refractivity contribution in [1.82, 2.24) is 9.38 Å². The minimum Gasteiger partial charge on any atom is -0.497 e. The average Bonchev–Trinajstić information content (AvgIpc) is 3.11. The minimum absolute atomic E-state index is 0.103. The summed E-state index contributed by atoms with van der Waals surface area (Å²) in [4.78, 5) is 17.2. The number of anilines is 1. The van der Waals surface area contributed by atoms with Crippen LogP contribution in [0.1, 0.15) is 12.1 Å². The standard InChI is InChI=1S/C23H20FN3O2/c1-29-19-6-4-5-18(15-19)25-22(28)13-12-20-23(16-8-10-17(24)11-9-16)26-21-7-2-3-14-27(20)21/h2-11,14-15H,12-13H2,1H3,(H,25,28). The highest BCUT2D eigenvalue weighted by molar-refractivity contribution is 5.91. The van der Waals surface area contributed by atoms with Crippen LogP contribution in [0.3, 0.4) is 0 Å². The number of pyridine rings is 1. The number of rotatable bonds is 6. The number of amides is 1. The minimum atomic E-state index is -0.295. The van der Waals surface area contributed by atoms with E-state index < -0.39 is 0 Å². The second-order valence-corrected chi connectivity index (χ2v) is 6.62. The third kappa shape index (κ3) is 4.11. The van der Waals surface area contributed by atoms with Crippen LogP contribution in [0.25, 0.3) is 16.9 Å². The van der Waals surface area contributed by atoms with Crippen LogP contribution in [0, 0.1) is 5.82 Å². The summed E-state index contributed by atoms with van der Waals surface area (Å²) in [5.41, 5.74) is 3.96. The van der Waals surface area contributed by atoms with E-state index in [1.165, 1.54) is 12.1 Å². The van der Waals surface area contributed by atoms with Gasteiger partial charge in [0.2, 0.25) is 5.91 Å². The summed E-state index contributed by atoms with van der Waals surface area (Å²) >= 11 is 0. The van der Waals surface area contributed by atoms with Crippen molar-refractivity contribution in [2.24, 2.45) is 0 Å². The largest absolute Gasteiger partial charge is 0.497 e. The molecule has 2 aromatic carbocycles. The van der Waals surface area contributed by atoms with E-state index in [4.69, 9.17) is 4.74 Å². The van der Waals surface area contributed by atoms with Gasteiger partial charge in [-0.3, -0.25) is 4.79 Å². The van der Waals surface area contributed by atoms with Crippen molar-refractivity contribution in [2.75, 3.05) is 12.4 Å². The molecule has 1 amide bonds. The smallest absolute Gasteiger partial charge is 0.224 e. The molecule has 146 valence electrons. The molecule has 0 bridgehead atoms. The Morgan fingerprint density at radius 2 is 1.93 bits per heavy atom. The number of carbonyl (C=O) groups excluding carboxylic acids is 1. The van der Waals surface area contributed by atoms with Crippen LogP contribution in [-0.2, 0) is 11.2 Å². The Kier molecular flexibility index (Phi) is 5.24. The first-order chi connectivity index (χ1) is 14.1. The Morgan fingerprint density at radius 1 is 1.10 bits per heavy atom. The highest BCUT2D eigenvalue weighted by Crippen LogP contribution is 2.26. The van der Waals surface area contributed by atoms with E-state index >= 15 is 0 Å². The van der Waals surface area contributed by atoms with E-state index in [9.17, 15) is 9.18 Å². The number of imidazole rings is 1. The lowest BCUT2D eigenvalue weighted by atomic mass is 10.1. The summed E-state index contributed by atoms with van der Waals surface area (Å²) < 4.78 is 20.5. The van der Waals surface area contributed by atoms with Crippen LogP contribution < -0.4 is 10.1 Å². The molecule has 29 heavy (non-hydrogen) atoms. The van der Waals surface area contributed by atoms with Crippen molar-refractivity contribution >= 4 is 17.2 Å². The van der Waals surface area contributed by atoms with Crippen LogP contribution in [0.15, 0.2) is 72.9 Å². The molecule has 0 fully saturated rings. The van der Waals surface area contributed by atoms with Gasteiger partial charge < -0.3 is 14.5 Å². The van der Waals surface area contributed by atoms with Gasteiger partial charge in [0.05, 0.1) is 18.5 Å². The fourth-order valence-corrected chi connectivity index (χ4v) is 3.28.